The Hall–Kier alpha value is -4.86. The largest absolute Gasteiger partial charge is 0.507 e. The number of nitrogens with zero attached hydrogens (tertiary/aromatic N) is 2. The van der Waals surface area contributed by atoms with Gasteiger partial charge in [0, 0.05) is 24.2 Å². The third-order valence-corrected chi connectivity index (χ3v) is 6.09. The molecule has 0 radical (unpaired) electrons. The molecule has 0 spiro atoms. The molecule has 1 fully saturated rings. The number of aliphatic hydroxyl groups is 1. The van der Waals surface area contributed by atoms with E-state index in [1.807, 2.05) is 0 Å². The highest BCUT2D eigenvalue weighted by molar-refractivity contribution is 6.46. The van der Waals surface area contributed by atoms with Crippen molar-refractivity contribution < 1.29 is 33.8 Å². The number of non-ortho nitro benzene ring substituents is 1. The maximum Gasteiger partial charge on any atom is 0.295 e. The zero-order valence-electron chi connectivity index (χ0n) is 19.0. The first-order chi connectivity index (χ1) is 17.4. The summed E-state index contributed by atoms with van der Waals surface area (Å²) in [6.07, 6.45) is 0. The van der Waals surface area contributed by atoms with Crippen LogP contribution in [0.15, 0.2) is 72.3 Å². The highest BCUT2D eigenvalue weighted by atomic mass is 16.7. The number of hydrogen-bond donors (Lipinski definition) is 1. The molecule has 10 heteroatoms. The number of carbonyl (C=O) groups excluding carboxylic acids is 2. The normalized spacial score (nSPS) is 17.9. The molecule has 2 aliphatic rings. The first kappa shape index (κ1) is 22.9. The molecular weight excluding hydrogens is 468 g/mol. The lowest BCUT2D eigenvalue weighted by molar-refractivity contribution is -0.384. The van der Waals surface area contributed by atoms with Gasteiger partial charge in [-0.05, 0) is 35.4 Å². The van der Waals surface area contributed by atoms with Crippen molar-refractivity contribution in [1.82, 2.24) is 4.90 Å². The zero-order chi connectivity index (χ0) is 25.4. The Bertz CT molecular complexity index is 1410. The van der Waals surface area contributed by atoms with Crippen LogP contribution in [0.25, 0.3) is 5.76 Å². The van der Waals surface area contributed by atoms with E-state index in [0.29, 0.717) is 28.4 Å². The first-order valence-electron chi connectivity index (χ1n) is 10.9. The van der Waals surface area contributed by atoms with E-state index in [1.54, 1.807) is 42.5 Å². The molecule has 1 saturated heterocycles. The number of carbonyl (C=O) groups is 2. The number of benzene rings is 3. The Labute approximate surface area is 205 Å². The number of nitro benzene ring substituents is 1. The average molecular weight is 488 g/mol. The number of ether oxygens (including phenoxy) is 3. The van der Waals surface area contributed by atoms with Crippen LogP contribution in [0, 0.1) is 10.1 Å². The highest BCUT2D eigenvalue weighted by Gasteiger charge is 2.46. The quantitative estimate of drug-likeness (QED) is 0.182. The van der Waals surface area contributed by atoms with Gasteiger partial charge in [0.25, 0.3) is 17.4 Å². The van der Waals surface area contributed by atoms with E-state index < -0.39 is 28.4 Å². The monoisotopic (exact) mass is 488 g/mol. The second-order valence-electron chi connectivity index (χ2n) is 8.20. The molecule has 0 aromatic heterocycles. The standard InChI is InChI=1S/C26H20N2O8/c1-34-19-8-6-16(7-9-19)23-22(24(29)17-3-2-4-18(12-17)28(32)33)25(30)26(31)27(23)13-15-5-10-20-21(11-15)36-14-35-20/h2-12,23,29H,13-14H2,1H3/b24-22+. The molecule has 1 amide bonds. The highest BCUT2D eigenvalue weighted by Crippen LogP contribution is 2.42. The van der Waals surface area contributed by atoms with Crippen LogP contribution in [-0.2, 0) is 16.1 Å². The molecule has 1 unspecified atom stereocenters. The second-order valence-corrected chi connectivity index (χ2v) is 8.20. The molecule has 5 rings (SSSR count). The van der Waals surface area contributed by atoms with E-state index in [0.717, 1.165) is 6.07 Å². The van der Waals surface area contributed by atoms with Gasteiger partial charge in [0.15, 0.2) is 11.5 Å². The third kappa shape index (κ3) is 3.98. The van der Waals surface area contributed by atoms with E-state index >= 15 is 0 Å². The van der Waals surface area contributed by atoms with Crippen LogP contribution in [0.3, 0.4) is 0 Å². The predicted molar refractivity (Wildman–Crippen MR) is 127 cm³/mol. The molecule has 0 bridgehead atoms. The molecular formula is C26H20N2O8. The van der Waals surface area contributed by atoms with Gasteiger partial charge in [-0.3, -0.25) is 19.7 Å². The number of aliphatic hydroxyl groups excluding tert-OH is 1. The van der Waals surface area contributed by atoms with Crippen molar-refractivity contribution in [3.8, 4) is 17.2 Å². The lowest BCUT2D eigenvalue weighted by atomic mass is 9.95. The SMILES string of the molecule is COc1ccc(C2/C(=C(\O)c3cccc([N+](=O)[O-])c3)C(=O)C(=O)N2Cc2ccc3c(c2)OCO3)cc1. The minimum absolute atomic E-state index is 0.0453. The lowest BCUT2D eigenvalue weighted by Gasteiger charge is -2.25. The smallest absolute Gasteiger partial charge is 0.295 e. The Morgan fingerprint density at radius 2 is 1.83 bits per heavy atom. The first-order valence-corrected chi connectivity index (χ1v) is 10.9. The second kappa shape index (κ2) is 9.06. The van der Waals surface area contributed by atoms with Crippen LogP contribution in [0.4, 0.5) is 5.69 Å². The Morgan fingerprint density at radius 1 is 1.08 bits per heavy atom. The number of Topliss-reactive ketones (excluding diaryl/α,β-unsaturated/α-hetero) is 1. The molecule has 3 aromatic rings. The van der Waals surface area contributed by atoms with Crippen molar-refractivity contribution in [3.05, 3.63) is 99.1 Å². The molecule has 10 nitrogen and oxygen atoms in total. The van der Waals surface area contributed by atoms with Gasteiger partial charge in [0.1, 0.15) is 11.5 Å². The van der Waals surface area contributed by atoms with Gasteiger partial charge in [-0.25, -0.2) is 0 Å². The Balaban J connectivity index is 1.62. The molecule has 2 heterocycles. The van der Waals surface area contributed by atoms with Crippen molar-refractivity contribution >= 4 is 23.1 Å². The molecule has 1 N–H and O–H groups in total. The van der Waals surface area contributed by atoms with E-state index in [2.05, 4.69) is 0 Å². The maximum absolute atomic E-state index is 13.2. The lowest BCUT2D eigenvalue weighted by Crippen LogP contribution is -2.29. The van der Waals surface area contributed by atoms with Gasteiger partial charge in [-0.15, -0.1) is 0 Å². The fourth-order valence-corrected chi connectivity index (χ4v) is 4.33. The van der Waals surface area contributed by atoms with Crippen LogP contribution < -0.4 is 14.2 Å². The Kier molecular flexibility index (Phi) is 5.77. The van der Waals surface area contributed by atoms with E-state index in [9.17, 15) is 24.8 Å². The summed E-state index contributed by atoms with van der Waals surface area (Å²) >= 11 is 0. The summed E-state index contributed by atoms with van der Waals surface area (Å²) in [7, 11) is 1.52. The van der Waals surface area contributed by atoms with Crippen molar-refractivity contribution in [3.63, 3.8) is 0 Å². The number of ketones is 1. The molecule has 1 atom stereocenters. The number of likely N-dealkylation sites (tertiary alicyclic amines) is 1. The van der Waals surface area contributed by atoms with Gasteiger partial charge in [0.2, 0.25) is 6.79 Å². The summed E-state index contributed by atoms with van der Waals surface area (Å²) in [6, 6.07) is 16.3. The van der Waals surface area contributed by atoms with E-state index in [1.165, 1.54) is 30.2 Å². The van der Waals surface area contributed by atoms with Gasteiger partial charge >= 0.3 is 0 Å². The maximum atomic E-state index is 13.2. The van der Waals surface area contributed by atoms with Crippen molar-refractivity contribution in [1.29, 1.82) is 0 Å². The summed E-state index contributed by atoms with van der Waals surface area (Å²) in [5, 5.41) is 22.4. The number of nitro groups is 1. The van der Waals surface area contributed by atoms with E-state index in [4.69, 9.17) is 14.2 Å². The average Bonchev–Trinajstić information content (AvgIpc) is 3.46. The minimum atomic E-state index is -0.944. The topological polar surface area (TPSA) is 128 Å². The van der Waals surface area contributed by atoms with Crippen molar-refractivity contribution in [2.24, 2.45) is 0 Å². The van der Waals surface area contributed by atoms with Crippen LogP contribution in [0.5, 0.6) is 17.2 Å². The summed E-state index contributed by atoms with van der Waals surface area (Å²) in [5.74, 6) is -0.503. The summed E-state index contributed by atoms with van der Waals surface area (Å²) in [6.45, 7) is 0.141. The van der Waals surface area contributed by atoms with Gasteiger partial charge in [-0.2, -0.15) is 0 Å². The fraction of sp³-hybridized carbons (Fsp3) is 0.154. The van der Waals surface area contributed by atoms with Crippen LogP contribution in [-0.4, -0.2) is 40.5 Å². The zero-order valence-corrected chi connectivity index (χ0v) is 19.0. The molecule has 0 aliphatic carbocycles. The number of fused-ring (bicyclic) bond motifs is 1. The van der Waals surface area contributed by atoms with Crippen LogP contribution in [0.1, 0.15) is 22.7 Å². The predicted octanol–water partition coefficient (Wildman–Crippen LogP) is 3.95. The summed E-state index contributed by atoms with van der Waals surface area (Å²) in [4.78, 5) is 38.4. The van der Waals surface area contributed by atoms with E-state index in [-0.39, 0.29) is 30.2 Å². The fourth-order valence-electron chi connectivity index (χ4n) is 4.33. The van der Waals surface area contributed by atoms with Crippen molar-refractivity contribution in [2.75, 3.05) is 13.9 Å². The summed E-state index contributed by atoms with van der Waals surface area (Å²) in [5.41, 5.74) is 0.891. The van der Waals surface area contributed by atoms with Crippen molar-refractivity contribution in [2.45, 2.75) is 12.6 Å². The molecule has 0 saturated carbocycles. The number of rotatable bonds is 6. The van der Waals surface area contributed by atoms with Gasteiger partial charge < -0.3 is 24.2 Å². The third-order valence-electron chi connectivity index (χ3n) is 6.09. The summed E-state index contributed by atoms with van der Waals surface area (Å²) < 4.78 is 16.0. The number of amides is 1. The number of methoxy groups -OCH3 is 1. The van der Waals surface area contributed by atoms with Crippen LogP contribution >= 0.6 is 0 Å². The molecule has 3 aromatic carbocycles. The van der Waals surface area contributed by atoms with Gasteiger partial charge in [0.05, 0.1) is 23.6 Å². The molecule has 182 valence electrons. The van der Waals surface area contributed by atoms with Gasteiger partial charge in [-0.1, -0.05) is 30.3 Å². The molecule has 2 aliphatic heterocycles. The Morgan fingerprint density at radius 3 is 2.56 bits per heavy atom. The number of hydrogen-bond acceptors (Lipinski definition) is 8. The van der Waals surface area contributed by atoms with Crippen LogP contribution in [0.2, 0.25) is 0 Å². The molecule has 36 heavy (non-hydrogen) atoms. The minimum Gasteiger partial charge on any atom is -0.507 e.